The Labute approximate surface area is 232 Å². The fourth-order valence-electron chi connectivity index (χ4n) is 4.95. The average molecular weight is 542 g/mol. The predicted octanol–water partition coefficient (Wildman–Crippen LogP) is 5.73. The van der Waals surface area contributed by atoms with Gasteiger partial charge in [0.05, 0.1) is 11.1 Å². The minimum absolute atomic E-state index is 0.181. The summed E-state index contributed by atoms with van der Waals surface area (Å²) in [7, 11) is 0. The van der Waals surface area contributed by atoms with E-state index in [2.05, 4.69) is 43.4 Å². The number of nitrogens with one attached hydrogen (secondary N) is 1. The molecule has 0 fully saturated rings. The van der Waals surface area contributed by atoms with Gasteiger partial charge in [-0.25, -0.2) is 4.68 Å². The zero-order chi connectivity index (χ0) is 27.7. The Kier molecular flexibility index (Phi) is 7.34. The second kappa shape index (κ2) is 10.7. The van der Waals surface area contributed by atoms with Crippen molar-refractivity contribution in [2.75, 3.05) is 0 Å². The van der Waals surface area contributed by atoms with Gasteiger partial charge in [-0.15, -0.1) is 5.10 Å². The van der Waals surface area contributed by atoms with Gasteiger partial charge in [0.25, 0.3) is 5.56 Å². The molecule has 0 aliphatic carbocycles. The number of aromatic amines is 1. The molecule has 3 heterocycles. The molecule has 3 aromatic heterocycles. The normalized spacial score (nSPS) is 12.8. The van der Waals surface area contributed by atoms with Crippen molar-refractivity contribution in [3.63, 3.8) is 0 Å². The van der Waals surface area contributed by atoms with Crippen molar-refractivity contribution in [2.24, 2.45) is 0 Å². The lowest BCUT2D eigenvalue weighted by molar-refractivity contribution is 0.184. The Hall–Kier alpha value is -3.88. The summed E-state index contributed by atoms with van der Waals surface area (Å²) < 4.78 is 1.80. The number of rotatable bonds is 7. The lowest BCUT2D eigenvalue weighted by atomic mass is 9.98. The minimum Gasteiger partial charge on any atom is -0.321 e. The Morgan fingerprint density at radius 3 is 2.51 bits per heavy atom. The summed E-state index contributed by atoms with van der Waals surface area (Å²) in [5.41, 5.74) is 4.82. The van der Waals surface area contributed by atoms with Crippen LogP contribution in [0.4, 0.5) is 0 Å². The Morgan fingerprint density at radius 1 is 1.03 bits per heavy atom. The van der Waals surface area contributed by atoms with Crippen LogP contribution in [-0.4, -0.2) is 35.1 Å². The third-order valence-electron chi connectivity index (χ3n) is 6.95. The number of tetrazole rings is 1. The fourth-order valence-corrected chi connectivity index (χ4v) is 5.14. The quantitative estimate of drug-likeness (QED) is 0.283. The van der Waals surface area contributed by atoms with Crippen molar-refractivity contribution in [2.45, 2.75) is 59.3 Å². The van der Waals surface area contributed by atoms with Crippen LogP contribution in [-0.2, 0) is 18.6 Å². The molecule has 0 saturated heterocycles. The number of fused-ring (bicyclic) bond motifs is 1. The third kappa shape index (κ3) is 5.48. The second-order valence-electron chi connectivity index (χ2n) is 10.9. The highest BCUT2D eigenvalue weighted by molar-refractivity contribution is 6.31. The maximum atomic E-state index is 13.9. The van der Waals surface area contributed by atoms with Gasteiger partial charge in [-0.1, -0.05) is 48.0 Å². The van der Waals surface area contributed by atoms with E-state index in [1.165, 1.54) is 0 Å². The van der Waals surface area contributed by atoms with Crippen molar-refractivity contribution in [3.8, 4) is 0 Å². The molecular formula is C30H32ClN7O. The van der Waals surface area contributed by atoms with Crippen molar-refractivity contribution in [3.05, 3.63) is 116 Å². The molecule has 39 heavy (non-hydrogen) atoms. The molecule has 0 saturated carbocycles. The van der Waals surface area contributed by atoms with Crippen LogP contribution in [0.5, 0.6) is 0 Å². The van der Waals surface area contributed by atoms with Crippen molar-refractivity contribution < 1.29 is 0 Å². The zero-order valence-corrected chi connectivity index (χ0v) is 23.6. The summed E-state index contributed by atoms with van der Waals surface area (Å²) in [5.74, 6) is 0.577. The summed E-state index contributed by atoms with van der Waals surface area (Å²) in [6.07, 6.45) is 3.58. The summed E-state index contributed by atoms with van der Waals surface area (Å²) in [5, 5.41) is 14.6. The fraction of sp³-hybridized carbons (Fsp3) is 0.300. The molecular weight excluding hydrogens is 510 g/mol. The number of nitrogens with zero attached hydrogens (tertiary/aromatic N) is 6. The molecule has 200 valence electrons. The Morgan fingerprint density at radius 2 is 1.79 bits per heavy atom. The predicted molar refractivity (Wildman–Crippen MR) is 154 cm³/mol. The lowest BCUT2D eigenvalue weighted by Crippen LogP contribution is -2.37. The maximum Gasteiger partial charge on any atom is 0.253 e. The number of hydrogen-bond acceptors (Lipinski definition) is 6. The number of pyridine rings is 2. The number of H-pyrrole nitrogens is 1. The van der Waals surface area contributed by atoms with Gasteiger partial charge in [-0.2, -0.15) is 0 Å². The monoisotopic (exact) mass is 541 g/mol. The molecule has 5 rings (SSSR count). The first-order valence-electron chi connectivity index (χ1n) is 12.9. The molecule has 0 unspecified atom stereocenters. The number of halogens is 1. The Balaban J connectivity index is 1.77. The molecule has 0 spiro atoms. The van der Waals surface area contributed by atoms with Gasteiger partial charge >= 0.3 is 0 Å². The largest absolute Gasteiger partial charge is 0.321 e. The third-order valence-corrected chi connectivity index (χ3v) is 7.31. The van der Waals surface area contributed by atoms with Gasteiger partial charge in [0.15, 0.2) is 5.82 Å². The number of benzene rings is 2. The van der Waals surface area contributed by atoms with Crippen molar-refractivity contribution in [1.82, 2.24) is 35.1 Å². The van der Waals surface area contributed by atoms with Crippen LogP contribution in [0, 0.1) is 13.8 Å². The van der Waals surface area contributed by atoms with Gasteiger partial charge in [-0.3, -0.25) is 14.7 Å². The highest BCUT2D eigenvalue weighted by Gasteiger charge is 2.34. The summed E-state index contributed by atoms with van der Waals surface area (Å²) in [4.78, 5) is 23.6. The second-order valence-corrected chi connectivity index (χ2v) is 11.3. The number of aromatic nitrogens is 6. The topological polar surface area (TPSA) is 92.6 Å². The van der Waals surface area contributed by atoms with E-state index < -0.39 is 11.6 Å². The highest BCUT2D eigenvalue weighted by atomic mass is 35.5. The van der Waals surface area contributed by atoms with E-state index in [9.17, 15) is 4.79 Å². The molecule has 5 aromatic rings. The van der Waals surface area contributed by atoms with Crippen LogP contribution in [0.2, 0.25) is 5.02 Å². The first-order chi connectivity index (χ1) is 18.6. The summed E-state index contributed by atoms with van der Waals surface area (Å²) in [6.45, 7) is 11.1. The number of aryl methyl sites for hydroxylation is 2. The van der Waals surface area contributed by atoms with E-state index in [0.29, 0.717) is 29.5 Å². The summed E-state index contributed by atoms with van der Waals surface area (Å²) in [6, 6.07) is 17.2. The molecule has 0 amide bonds. The van der Waals surface area contributed by atoms with Gasteiger partial charge in [0, 0.05) is 41.5 Å². The van der Waals surface area contributed by atoms with Crippen LogP contribution < -0.4 is 5.56 Å². The van der Waals surface area contributed by atoms with Crippen molar-refractivity contribution in [1.29, 1.82) is 0 Å². The van der Waals surface area contributed by atoms with E-state index >= 15 is 0 Å². The molecule has 2 aromatic carbocycles. The Bertz CT molecular complexity index is 1670. The van der Waals surface area contributed by atoms with Crippen molar-refractivity contribution >= 4 is 22.5 Å². The van der Waals surface area contributed by atoms with Crippen LogP contribution in [0.1, 0.15) is 60.5 Å². The van der Waals surface area contributed by atoms with Crippen LogP contribution >= 0.6 is 11.6 Å². The SMILES string of the molecule is Cc1ccc(C)c2[nH]c(=O)c([C@@H](c3nnnn3C(C)(C)C)N(Cc3cccnc3)Cc3ccccc3Cl)cc12. The van der Waals surface area contributed by atoms with E-state index in [0.717, 1.165) is 33.2 Å². The highest BCUT2D eigenvalue weighted by Crippen LogP contribution is 2.33. The standard InChI is InChI=1S/C30H32ClN7O/c1-19-12-13-20(2)26-23(19)15-24(29(39)33-26)27(28-34-35-36-38(28)30(3,4)5)37(17-21-9-8-14-32-16-21)18-22-10-6-7-11-25(22)31/h6-16,27H,17-18H2,1-5H3,(H,33,39)/t27-/m0/s1. The van der Waals surface area contributed by atoms with E-state index in [1.54, 1.807) is 10.9 Å². The van der Waals surface area contributed by atoms with E-state index in [-0.39, 0.29) is 5.56 Å². The van der Waals surface area contributed by atoms with Crippen LogP contribution in [0.3, 0.4) is 0 Å². The van der Waals surface area contributed by atoms with Crippen LogP contribution in [0.15, 0.2) is 71.8 Å². The molecule has 0 radical (unpaired) electrons. The molecule has 0 aliphatic rings. The lowest BCUT2D eigenvalue weighted by Gasteiger charge is -2.33. The van der Waals surface area contributed by atoms with E-state index in [4.69, 9.17) is 11.6 Å². The van der Waals surface area contributed by atoms with E-state index in [1.807, 2.05) is 82.4 Å². The molecule has 1 atom stereocenters. The average Bonchev–Trinajstić information content (AvgIpc) is 3.39. The zero-order valence-electron chi connectivity index (χ0n) is 22.8. The molecule has 9 heteroatoms. The smallest absolute Gasteiger partial charge is 0.253 e. The molecule has 0 bridgehead atoms. The van der Waals surface area contributed by atoms with Gasteiger partial charge in [0.2, 0.25) is 0 Å². The van der Waals surface area contributed by atoms with Gasteiger partial charge in [-0.05, 0) is 85.5 Å². The first-order valence-corrected chi connectivity index (χ1v) is 13.3. The maximum absolute atomic E-state index is 13.9. The minimum atomic E-state index is -0.580. The molecule has 0 aliphatic heterocycles. The molecule has 8 nitrogen and oxygen atoms in total. The number of hydrogen-bond donors (Lipinski definition) is 1. The van der Waals surface area contributed by atoms with Crippen LogP contribution in [0.25, 0.3) is 10.9 Å². The first kappa shape index (κ1) is 26.7. The van der Waals surface area contributed by atoms with Gasteiger partial charge in [0.1, 0.15) is 6.04 Å². The van der Waals surface area contributed by atoms with Gasteiger partial charge < -0.3 is 4.98 Å². The molecule has 1 N–H and O–H groups in total. The summed E-state index contributed by atoms with van der Waals surface area (Å²) >= 11 is 6.65.